The molecule has 3 N–H and O–H groups in total. The van der Waals surface area contributed by atoms with Crippen LogP contribution >= 0.6 is 11.6 Å². The molecule has 1 aromatic carbocycles. The van der Waals surface area contributed by atoms with E-state index in [1.54, 1.807) is 6.07 Å². The van der Waals surface area contributed by atoms with Gasteiger partial charge in [-0.15, -0.1) is 0 Å². The van der Waals surface area contributed by atoms with E-state index in [4.69, 9.17) is 17.4 Å². The zero-order chi connectivity index (χ0) is 12.5. The van der Waals surface area contributed by atoms with Gasteiger partial charge in [-0.1, -0.05) is 23.7 Å². The Kier molecular flexibility index (Phi) is 3.73. The number of hydrazine groups is 1. The lowest BCUT2D eigenvalue weighted by Gasteiger charge is -2.22. The first-order chi connectivity index (χ1) is 8.02. The molecule has 1 aromatic rings. The molecule has 6 heteroatoms. The molecule has 2 unspecified atom stereocenters. The first-order valence-corrected chi connectivity index (χ1v) is 7.64. The largest absolute Gasteiger partial charge is 0.271 e. The van der Waals surface area contributed by atoms with Crippen LogP contribution in [0.3, 0.4) is 0 Å². The van der Waals surface area contributed by atoms with E-state index < -0.39 is 9.84 Å². The molecule has 17 heavy (non-hydrogen) atoms. The van der Waals surface area contributed by atoms with E-state index in [-0.39, 0.29) is 23.5 Å². The highest BCUT2D eigenvalue weighted by atomic mass is 35.5. The van der Waals surface area contributed by atoms with Crippen molar-refractivity contribution >= 4 is 21.4 Å². The SMILES string of the molecule is NNC(c1cccc(Cl)c1)C1CCS(=O)(=O)C1. The fourth-order valence-corrected chi connectivity index (χ4v) is 4.33. The van der Waals surface area contributed by atoms with Crippen molar-refractivity contribution in [3.8, 4) is 0 Å². The summed E-state index contributed by atoms with van der Waals surface area (Å²) in [5.41, 5.74) is 3.63. The fourth-order valence-electron chi connectivity index (χ4n) is 2.29. The van der Waals surface area contributed by atoms with Crippen molar-refractivity contribution in [1.29, 1.82) is 0 Å². The van der Waals surface area contributed by atoms with E-state index in [1.165, 1.54) is 0 Å². The van der Waals surface area contributed by atoms with Gasteiger partial charge < -0.3 is 0 Å². The first-order valence-electron chi connectivity index (χ1n) is 5.44. The fraction of sp³-hybridized carbons (Fsp3) is 0.455. The van der Waals surface area contributed by atoms with Crippen LogP contribution in [0.5, 0.6) is 0 Å². The standard InChI is InChI=1S/C11H15ClN2O2S/c12-10-3-1-2-8(6-10)11(14-13)9-4-5-17(15,16)7-9/h1-3,6,9,11,14H,4-5,7,13H2. The molecule has 1 aliphatic heterocycles. The molecule has 0 radical (unpaired) electrons. The van der Waals surface area contributed by atoms with Crippen molar-refractivity contribution < 1.29 is 8.42 Å². The van der Waals surface area contributed by atoms with Crippen molar-refractivity contribution in [2.24, 2.45) is 11.8 Å². The van der Waals surface area contributed by atoms with E-state index in [0.717, 1.165) is 5.56 Å². The van der Waals surface area contributed by atoms with Crippen LogP contribution in [0, 0.1) is 5.92 Å². The molecule has 4 nitrogen and oxygen atoms in total. The molecular formula is C11H15ClN2O2S. The van der Waals surface area contributed by atoms with Crippen LogP contribution in [-0.4, -0.2) is 19.9 Å². The average Bonchev–Trinajstić information content (AvgIpc) is 2.60. The van der Waals surface area contributed by atoms with Crippen LogP contribution < -0.4 is 11.3 Å². The summed E-state index contributed by atoms with van der Waals surface area (Å²) in [6.07, 6.45) is 0.643. The minimum absolute atomic E-state index is 0.0171. The molecule has 0 spiro atoms. The average molecular weight is 275 g/mol. The number of sulfone groups is 1. The molecule has 94 valence electrons. The van der Waals surface area contributed by atoms with Crippen molar-refractivity contribution in [2.75, 3.05) is 11.5 Å². The Morgan fingerprint density at radius 1 is 1.47 bits per heavy atom. The summed E-state index contributed by atoms with van der Waals surface area (Å²) in [6.45, 7) is 0. The van der Waals surface area contributed by atoms with Gasteiger partial charge in [0.2, 0.25) is 0 Å². The summed E-state index contributed by atoms with van der Waals surface area (Å²) < 4.78 is 22.9. The van der Waals surface area contributed by atoms with Gasteiger partial charge in [0, 0.05) is 11.1 Å². The molecule has 0 aliphatic carbocycles. The lowest BCUT2D eigenvalue weighted by molar-refractivity contribution is 0.399. The van der Waals surface area contributed by atoms with Gasteiger partial charge in [0.1, 0.15) is 0 Å². The van der Waals surface area contributed by atoms with Gasteiger partial charge in [0.05, 0.1) is 11.5 Å². The van der Waals surface area contributed by atoms with Crippen LogP contribution in [0.4, 0.5) is 0 Å². The number of benzene rings is 1. The first kappa shape index (κ1) is 12.8. The van der Waals surface area contributed by atoms with E-state index in [1.807, 2.05) is 18.2 Å². The number of nitrogens with two attached hydrogens (primary N) is 1. The van der Waals surface area contributed by atoms with E-state index >= 15 is 0 Å². The Bertz CT molecular complexity index is 504. The van der Waals surface area contributed by atoms with Gasteiger partial charge in [0.15, 0.2) is 9.84 Å². The maximum Gasteiger partial charge on any atom is 0.150 e. The Hall–Kier alpha value is -0.620. The van der Waals surface area contributed by atoms with E-state index in [2.05, 4.69) is 5.43 Å². The molecule has 2 rings (SSSR count). The summed E-state index contributed by atoms with van der Waals surface area (Å²) in [4.78, 5) is 0. The summed E-state index contributed by atoms with van der Waals surface area (Å²) in [5.74, 6) is 5.99. The highest BCUT2D eigenvalue weighted by Gasteiger charge is 2.33. The molecule has 1 fully saturated rings. The van der Waals surface area contributed by atoms with Crippen LogP contribution in [0.1, 0.15) is 18.0 Å². The normalized spacial score (nSPS) is 24.7. The highest BCUT2D eigenvalue weighted by Crippen LogP contribution is 2.31. The van der Waals surface area contributed by atoms with Crippen molar-refractivity contribution in [3.05, 3.63) is 34.9 Å². The van der Waals surface area contributed by atoms with Crippen LogP contribution in [0.15, 0.2) is 24.3 Å². The topological polar surface area (TPSA) is 72.2 Å². The minimum Gasteiger partial charge on any atom is -0.271 e. The Morgan fingerprint density at radius 3 is 2.76 bits per heavy atom. The van der Waals surface area contributed by atoms with Gasteiger partial charge in [-0.25, -0.2) is 8.42 Å². The lowest BCUT2D eigenvalue weighted by atomic mass is 9.93. The molecule has 0 aromatic heterocycles. The number of rotatable bonds is 3. The lowest BCUT2D eigenvalue weighted by Crippen LogP contribution is -2.34. The summed E-state index contributed by atoms with van der Waals surface area (Å²) in [5, 5.41) is 0.628. The molecule has 2 atom stereocenters. The number of hydrogen-bond acceptors (Lipinski definition) is 4. The Morgan fingerprint density at radius 2 is 2.24 bits per heavy atom. The molecule has 1 aliphatic rings. The zero-order valence-electron chi connectivity index (χ0n) is 9.27. The smallest absolute Gasteiger partial charge is 0.150 e. The minimum atomic E-state index is -2.90. The van der Waals surface area contributed by atoms with Gasteiger partial charge in [-0.3, -0.25) is 11.3 Å². The van der Waals surface area contributed by atoms with E-state index in [9.17, 15) is 8.42 Å². The van der Waals surface area contributed by atoms with Crippen molar-refractivity contribution in [1.82, 2.24) is 5.43 Å². The maximum atomic E-state index is 11.5. The maximum absolute atomic E-state index is 11.5. The van der Waals surface area contributed by atoms with Gasteiger partial charge in [0.25, 0.3) is 0 Å². The zero-order valence-corrected chi connectivity index (χ0v) is 10.8. The third kappa shape index (κ3) is 2.98. The Labute approximate surface area is 106 Å². The highest BCUT2D eigenvalue weighted by molar-refractivity contribution is 7.91. The second-order valence-electron chi connectivity index (χ2n) is 4.36. The predicted molar refractivity (Wildman–Crippen MR) is 68.3 cm³/mol. The second-order valence-corrected chi connectivity index (χ2v) is 7.03. The quantitative estimate of drug-likeness (QED) is 0.643. The number of halogens is 1. The molecule has 1 saturated heterocycles. The predicted octanol–water partition coefficient (Wildman–Crippen LogP) is 1.28. The molecule has 0 amide bonds. The van der Waals surface area contributed by atoms with Crippen molar-refractivity contribution in [2.45, 2.75) is 12.5 Å². The van der Waals surface area contributed by atoms with Crippen LogP contribution in [-0.2, 0) is 9.84 Å². The van der Waals surface area contributed by atoms with Gasteiger partial charge >= 0.3 is 0 Å². The molecule has 1 heterocycles. The third-order valence-corrected chi connectivity index (χ3v) is 5.16. The van der Waals surface area contributed by atoms with Crippen molar-refractivity contribution in [3.63, 3.8) is 0 Å². The van der Waals surface area contributed by atoms with Gasteiger partial charge in [-0.2, -0.15) is 0 Å². The monoisotopic (exact) mass is 274 g/mol. The third-order valence-electron chi connectivity index (χ3n) is 3.13. The summed E-state index contributed by atoms with van der Waals surface area (Å²) in [6, 6.07) is 7.18. The van der Waals surface area contributed by atoms with Crippen LogP contribution in [0.2, 0.25) is 5.02 Å². The molecular weight excluding hydrogens is 260 g/mol. The second kappa shape index (κ2) is 4.94. The summed E-state index contributed by atoms with van der Waals surface area (Å²) >= 11 is 5.92. The van der Waals surface area contributed by atoms with E-state index in [0.29, 0.717) is 11.4 Å². The Balaban J connectivity index is 2.23. The molecule has 0 saturated carbocycles. The number of hydrogen-bond donors (Lipinski definition) is 2. The number of nitrogens with one attached hydrogen (secondary N) is 1. The molecule has 0 bridgehead atoms. The van der Waals surface area contributed by atoms with Crippen LogP contribution in [0.25, 0.3) is 0 Å². The van der Waals surface area contributed by atoms with Gasteiger partial charge in [-0.05, 0) is 30.0 Å². The summed E-state index contributed by atoms with van der Waals surface area (Å²) in [7, 11) is -2.90.